The summed E-state index contributed by atoms with van der Waals surface area (Å²) in [6.07, 6.45) is -0.849. The molecule has 0 radical (unpaired) electrons. The lowest BCUT2D eigenvalue weighted by Crippen LogP contribution is -2.30. The second kappa shape index (κ2) is 6.53. The summed E-state index contributed by atoms with van der Waals surface area (Å²) in [6.45, 7) is 1.53. The van der Waals surface area contributed by atoms with Crippen LogP contribution in [0.3, 0.4) is 0 Å². The van der Waals surface area contributed by atoms with Gasteiger partial charge in [-0.15, -0.1) is 0 Å². The third-order valence-electron chi connectivity index (χ3n) is 2.79. The predicted octanol–water partition coefficient (Wildman–Crippen LogP) is 3.10. The Hall–Kier alpha value is -2.87. The number of ether oxygens (including phenoxy) is 1. The minimum atomic E-state index is -0.849. The summed E-state index contributed by atoms with van der Waals surface area (Å²) >= 11 is 0. The number of benzene rings is 2. The number of nitrogens with zero attached hydrogens (tertiary/aromatic N) is 1. The molecule has 5 heteroatoms. The molecule has 21 heavy (non-hydrogen) atoms. The number of para-hydroxylation sites is 1. The van der Waals surface area contributed by atoms with E-state index >= 15 is 0 Å². The Balaban J connectivity index is 1.99. The van der Waals surface area contributed by atoms with Gasteiger partial charge in [-0.05, 0) is 43.3 Å². The van der Waals surface area contributed by atoms with Gasteiger partial charge < -0.3 is 10.1 Å². The minimum Gasteiger partial charge on any atom is -0.478 e. The van der Waals surface area contributed by atoms with E-state index in [0.29, 0.717) is 11.3 Å². The smallest absolute Gasteiger partial charge is 0.265 e. The molecule has 0 saturated carbocycles. The van der Waals surface area contributed by atoms with Crippen molar-refractivity contribution in [2.75, 3.05) is 5.32 Å². The number of nitriles is 1. The van der Waals surface area contributed by atoms with Gasteiger partial charge in [0.05, 0.1) is 11.6 Å². The highest BCUT2D eigenvalue weighted by molar-refractivity contribution is 5.94. The predicted molar refractivity (Wildman–Crippen MR) is 76.3 cm³/mol. The van der Waals surface area contributed by atoms with E-state index < -0.39 is 17.8 Å². The molecule has 0 fully saturated rings. The number of hydrogen-bond donors (Lipinski definition) is 1. The molecular formula is C16H13FN2O2. The second-order valence-corrected chi connectivity index (χ2v) is 4.37. The van der Waals surface area contributed by atoms with Gasteiger partial charge in [0, 0.05) is 5.69 Å². The van der Waals surface area contributed by atoms with Crippen LogP contribution in [-0.4, -0.2) is 12.0 Å². The number of amides is 1. The molecule has 0 heterocycles. The molecule has 0 saturated heterocycles. The van der Waals surface area contributed by atoms with Gasteiger partial charge in [0.1, 0.15) is 0 Å². The summed E-state index contributed by atoms with van der Waals surface area (Å²) in [5.41, 5.74) is 1.05. The van der Waals surface area contributed by atoms with E-state index in [1.54, 1.807) is 36.4 Å². The van der Waals surface area contributed by atoms with Gasteiger partial charge in [-0.2, -0.15) is 5.26 Å². The minimum absolute atomic E-state index is 0.0278. The van der Waals surface area contributed by atoms with Crippen molar-refractivity contribution < 1.29 is 13.9 Å². The fourth-order valence-electron chi connectivity index (χ4n) is 1.66. The summed E-state index contributed by atoms with van der Waals surface area (Å²) in [4.78, 5) is 12.0. The summed E-state index contributed by atoms with van der Waals surface area (Å²) in [5.74, 6) is -0.890. The number of rotatable bonds is 4. The number of carbonyl (C=O) groups is 1. The Morgan fingerprint density at radius 1 is 1.24 bits per heavy atom. The molecule has 1 N–H and O–H groups in total. The van der Waals surface area contributed by atoms with Crippen molar-refractivity contribution in [3.63, 3.8) is 0 Å². The van der Waals surface area contributed by atoms with E-state index in [2.05, 4.69) is 5.32 Å². The third-order valence-corrected chi connectivity index (χ3v) is 2.79. The average Bonchev–Trinajstić information content (AvgIpc) is 2.50. The van der Waals surface area contributed by atoms with Crippen LogP contribution in [0.5, 0.6) is 5.75 Å². The zero-order chi connectivity index (χ0) is 15.2. The zero-order valence-electron chi connectivity index (χ0n) is 11.3. The molecule has 1 unspecified atom stereocenters. The molecule has 4 nitrogen and oxygen atoms in total. The Morgan fingerprint density at radius 2 is 1.90 bits per heavy atom. The van der Waals surface area contributed by atoms with E-state index in [1.165, 1.54) is 19.1 Å². The van der Waals surface area contributed by atoms with Gasteiger partial charge >= 0.3 is 0 Å². The highest BCUT2D eigenvalue weighted by Crippen LogP contribution is 2.17. The van der Waals surface area contributed by atoms with E-state index in [0.717, 1.165) is 0 Å². The van der Waals surface area contributed by atoms with Crippen LogP contribution in [0, 0.1) is 17.1 Å². The molecule has 0 bridgehead atoms. The van der Waals surface area contributed by atoms with E-state index in [9.17, 15) is 9.18 Å². The lowest BCUT2D eigenvalue weighted by atomic mass is 10.2. The maximum Gasteiger partial charge on any atom is 0.265 e. The second-order valence-electron chi connectivity index (χ2n) is 4.37. The van der Waals surface area contributed by atoms with Gasteiger partial charge in [0.15, 0.2) is 17.7 Å². The highest BCUT2D eigenvalue weighted by atomic mass is 19.1. The summed E-state index contributed by atoms with van der Waals surface area (Å²) < 4.78 is 18.7. The van der Waals surface area contributed by atoms with Crippen LogP contribution in [-0.2, 0) is 4.79 Å². The molecule has 2 aromatic carbocycles. The van der Waals surface area contributed by atoms with Crippen molar-refractivity contribution in [3.8, 4) is 11.8 Å². The fourth-order valence-corrected chi connectivity index (χ4v) is 1.66. The van der Waals surface area contributed by atoms with Gasteiger partial charge in [-0.25, -0.2) is 4.39 Å². The number of carbonyl (C=O) groups excluding carboxylic acids is 1. The average molecular weight is 284 g/mol. The molecule has 0 aliphatic rings. The SMILES string of the molecule is CC(Oc1ccccc1F)C(=O)Nc1ccc(C#N)cc1. The standard InChI is InChI=1S/C16H13FN2O2/c1-11(21-15-5-3-2-4-14(15)17)16(20)19-13-8-6-12(10-18)7-9-13/h2-9,11H,1H3,(H,19,20). The molecule has 0 spiro atoms. The topological polar surface area (TPSA) is 62.1 Å². The number of anilines is 1. The molecule has 0 aliphatic heterocycles. The maximum absolute atomic E-state index is 13.4. The highest BCUT2D eigenvalue weighted by Gasteiger charge is 2.16. The number of halogens is 1. The van der Waals surface area contributed by atoms with Crippen LogP contribution in [0.1, 0.15) is 12.5 Å². The Labute approximate surface area is 121 Å². The van der Waals surface area contributed by atoms with Gasteiger partial charge in [-0.1, -0.05) is 12.1 Å². The molecule has 106 valence electrons. The molecule has 0 aliphatic carbocycles. The third kappa shape index (κ3) is 3.80. The van der Waals surface area contributed by atoms with Crippen LogP contribution in [0.15, 0.2) is 48.5 Å². The Kier molecular flexibility index (Phi) is 4.52. The molecular weight excluding hydrogens is 271 g/mol. The normalized spacial score (nSPS) is 11.3. The lowest BCUT2D eigenvalue weighted by molar-refractivity contribution is -0.122. The summed E-state index contributed by atoms with van der Waals surface area (Å²) in [5, 5.41) is 11.3. The fraction of sp³-hybridized carbons (Fsp3) is 0.125. The zero-order valence-corrected chi connectivity index (χ0v) is 11.3. The van der Waals surface area contributed by atoms with Crippen molar-refractivity contribution in [1.82, 2.24) is 0 Å². The Bertz CT molecular complexity index is 677. The maximum atomic E-state index is 13.4. The summed E-state index contributed by atoms with van der Waals surface area (Å²) in [7, 11) is 0. The lowest BCUT2D eigenvalue weighted by Gasteiger charge is -2.15. The monoisotopic (exact) mass is 284 g/mol. The van der Waals surface area contributed by atoms with Crippen LogP contribution < -0.4 is 10.1 Å². The first-order valence-corrected chi connectivity index (χ1v) is 6.32. The molecule has 1 atom stereocenters. The van der Waals surface area contributed by atoms with Gasteiger partial charge in [0.25, 0.3) is 5.91 Å². The molecule has 0 aromatic heterocycles. The molecule has 2 aromatic rings. The van der Waals surface area contributed by atoms with Crippen LogP contribution in [0.2, 0.25) is 0 Å². The van der Waals surface area contributed by atoms with Crippen LogP contribution in [0.4, 0.5) is 10.1 Å². The molecule has 1 amide bonds. The van der Waals surface area contributed by atoms with Gasteiger partial charge in [-0.3, -0.25) is 4.79 Å². The number of nitrogens with one attached hydrogen (secondary N) is 1. The van der Waals surface area contributed by atoms with Gasteiger partial charge in [0.2, 0.25) is 0 Å². The summed E-state index contributed by atoms with van der Waals surface area (Å²) in [6, 6.07) is 14.3. The van der Waals surface area contributed by atoms with Crippen LogP contribution >= 0.6 is 0 Å². The first-order valence-electron chi connectivity index (χ1n) is 6.32. The van der Waals surface area contributed by atoms with Crippen LogP contribution in [0.25, 0.3) is 0 Å². The number of hydrogen-bond acceptors (Lipinski definition) is 3. The first-order chi connectivity index (χ1) is 10.1. The van der Waals surface area contributed by atoms with E-state index in [4.69, 9.17) is 10.00 Å². The first kappa shape index (κ1) is 14.5. The van der Waals surface area contributed by atoms with Crippen molar-refractivity contribution >= 4 is 11.6 Å². The quantitative estimate of drug-likeness (QED) is 0.938. The van der Waals surface area contributed by atoms with Crippen molar-refractivity contribution in [3.05, 3.63) is 59.9 Å². The van der Waals surface area contributed by atoms with Crippen molar-refractivity contribution in [2.45, 2.75) is 13.0 Å². The van der Waals surface area contributed by atoms with E-state index in [-0.39, 0.29) is 5.75 Å². The molecule has 2 rings (SSSR count). The Morgan fingerprint density at radius 3 is 2.52 bits per heavy atom. The largest absolute Gasteiger partial charge is 0.478 e. The van der Waals surface area contributed by atoms with E-state index in [1.807, 2.05) is 6.07 Å². The van der Waals surface area contributed by atoms with Crippen molar-refractivity contribution in [1.29, 1.82) is 5.26 Å². The van der Waals surface area contributed by atoms with Crippen molar-refractivity contribution in [2.24, 2.45) is 0 Å².